The van der Waals surface area contributed by atoms with Gasteiger partial charge >= 0.3 is 0 Å². The molecular formula is C11H18ClN3O. The minimum atomic E-state index is 0. The molecule has 4 nitrogen and oxygen atoms in total. The van der Waals surface area contributed by atoms with Crippen LogP contribution in [-0.4, -0.2) is 24.0 Å². The molecule has 0 radical (unpaired) electrons. The highest BCUT2D eigenvalue weighted by atomic mass is 35.5. The predicted molar refractivity (Wildman–Crippen MR) is 66.6 cm³/mol. The predicted octanol–water partition coefficient (Wildman–Crippen LogP) is 1.04. The summed E-state index contributed by atoms with van der Waals surface area (Å²) >= 11 is 0. The Kier molecular flexibility index (Phi) is 7.50. The minimum Gasteiger partial charge on any atom is -0.355 e. The Balaban J connectivity index is 0.00000225. The Labute approximate surface area is 102 Å². The van der Waals surface area contributed by atoms with Crippen molar-refractivity contribution in [2.45, 2.75) is 20.4 Å². The van der Waals surface area contributed by atoms with Crippen molar-refractivity contribution in [1.82, 2.24) is 15.6 Å². The summed E-state index contributed by atoms with van der Waals surface area (Å²) in [4.78, 5) is 15.3. The Morgan fingerprint density at radius 1 is 1.50 bits per heavy atom. The summed E-state index contributed by atoms with van der Waals surface area (Å²) in [5, 5.41) is 5.80. The number of pyridine rings is 1. The molecule has 0 bridgehead atoms. The lowest BCUT2D eigenvalue weighted by atomic mass is 10.2. The molecule has 2 N–H and O–H groups in total. The second kappa shape index (κ2) is 8.07. The Bertz CT molecular complexity index is 331. The van der Waals surface area contributed by atoms with Gasteiger partial charge in [-0.2, -0.15) is 0 Å². The van der Waals surface area contributed by atoms with E-state index >= 15 is 0 Å². The van der Waals surface area contributed by atoms with E-state index in [1.807, 2.05) is 26.0 Å². The molecule has 0 aliphatic carbocycles. The van der Waals surface area contributed by atoms with Gasteiger partial charge in [0.15, 0.2) is 0 Å². The zero-order valence-corrected chi connectivity index (χ0v) is 10.4. The molecule has 0 saturated carbocycles. The normalized spacial score (nSPS) is 9.38. The van der Waals surface area contributed by atoms with Gasteiger partial charge in [-0.25, -0.2) is 0 Å². The maximum atomic E-state index is 11.1. The fourth-order valence-electron chi connectivity index (χ4n) is 1.27. The number of aryl methyl sites for hydroxylation is 1. The first-order chi connectivity index (χ1) is 7.24. The number of hydrogen-bond acceptors (Lipinski definition) is 3. The fraction of sp³-hybridized carbons (Fsp3) is 0.455. The molecule has 0 aliphatic rings. The first-order valence-electron chi connectivity index (χ1n) is 5.12. The van der Waals surface area contributed by atoms with Crippen molar-refractivity contribution in [2.24, 2.45) is 0 Å². The Morgan fingerprint density at radius 3 is 2.88 bits per heavy atom. The molecule has 0 unspecified atom stereocenters. The van der Waals surface area contributed by atoms with Crippen LogP contribution >= 0.6 is 12.4 Å². The molecule has 5 heteroatoms. The monoisotopic (exact) mass is 243 g/mol. The zero-order valence-electron chi connectivity index (χ0n) is 9.62. The van der Waals surface area contributed by atoms with Crippen LogP contribution in [0.4, 0.5) is 0 Å². The van der Waals surface area contributed by atoms with Gasteiger partial charge in [0.05, 0.1) is 6.54 Å². The van der Waals surface area contributed by atoms with Crippen LogP contribution in [0.2, 0.25) is 0 Å². The topological polar surface area (TPSA) is 54.0 Å². The molecule has 0 spiro atoms. The lowest BCUT2D eigenvalue weighted by Gasteiger charge is -2.06. The van der Waals surface area contributed by atoms with Crippen LogP contribution in [0, 0.1) is 6.92 Å². The number of aromatic nitrogens is 1. The Morgan fingerprint density at radius 2 is 2.25 bits per heavy atom. The molecule has 1 aromatic rings. The number of nitrogens with zero attached hydrogens (tertiary/aromatic N) is 1. The van der Waals surface area contributed by atoms with Crippen molar-refractivity contribution in [3.8, 4) is 0 Å². The lowest BCUT2D eigenvalue weighted by molar-refractivity contribution is -0.120. The largest absolute Gasteiger partial charge is 0.355 e. The van der Waals surface area contributed by atoms with E-state index < -0.39 is 0 Å². The molecule has 1 rings (SSSR count). The van der Waals surface area contributed by atoms with E-state index in [-0.39, 0.29) is 18.3 Å². The molecule has 16 heavy (non-hydrogen) atoms. The highest BCUT2D eigenvalue weighted by Crippen LogP contribution is 2.01. The summed E-state index contributed by atoms with van der Waals surface area (Å²) in [6, 6.07) is 3.91. The zero-order chi connectivity index (χ0) is 11.1. The third kappa shape index (κ3) is 5.09. The molecule has 0 aliphatic heterocycles. The Hall–Kier alpha value is -1.13. The second-order valence-electron chi connectivity index (χ2n) is 3.30. The van der Waals surface area contributed by atoms with Gasteiger partial charge in [0.1, 0.15) is 0 Å². The van der Waals surface area contributed by atoms with Crippen LogP contribution in [0.25, 0.3) is 0 Å². The maximum Gasteiger partial charge on any atom is 0.233 e. The van der Waals surface area contributed by atoms with Crippen LogP contribution in [0.1, 0.15) is 18.2 Å². The maximum absolute atomic E-state index is 11.1. The van der Waals surface area contributed by atoms with Crippen molar-refractivity contribution in [1.29, 1.82) is 0 Å². The lowest BCUT2D eigenvalue weighted by Crippen LogP contribution is -2.33. The average molecular weight is 244 g/mol. The molecule has 1 aromatic heterocycles. The number of carbonyl (C=O) groups is 1. The molecule has 0 atom stereocenters. The number of nitrogens with one attached hydrogen (secondary N) is 2. The van der Waals surface area contributed by atoms with Crippen molar-refractivity contribution < 1.29 is 4.79 Å². The number of likely N-dealkylation sites (N-methyl/N-ethyl adjacent to an activating group) is 1. The van der Waals surface area contributed by atoms with Crippen LogP contribution in [-0.2, 0) is 11.3 Å². The summed E-state index contributed by atoms with van der Waals surface area (Å²) in [7, 11) is 0. The SMILES string of the molecule is CCNC(=O)CNCc1cccnc1C.Cl. The summed E-state index contributed by atoms with van der Waals surface area (Å²) in [5.41, 5.74) is 2.13. The van der Waals surface area contributed by atoms with Crippen molar-refractivity contribution >= 4 is 18.3 Å². The number of rotatable bonds is 5. The highest BCUT2D eigenvalue weighted by Gasteiger charge is 2.00. The number of halogens is 1. The molecule has 90 valence electrons. The van der Waals surface area contributed by atoms with Gasteiger partial charge < -0.3 is 10.6 Å². The number of amides is 1. The van der Waals surface area contributed by atoms with Crippen LogP contribution in [0.5, 0.6) is 0 Å². The van der Waals surface area contributed by atoms with Gasteiger partial charge in [0, 0.05) is 25.0 Å². The van der Waals surface area contributed by atoms with Gasteiger partial charge in [-0.15, -0.1) is 12.4 Å². The molecule has 0 aromatic carbocycles. The summed E-state index contributed by atoms with van der Waals surface area (Å²) < 4.78 is 0. The van der Waals surface area contributed by atoms with Gasteiger partial charge in [-0.05, 0) is 25.5 Å². The van der Waals surface area contributed by atoms with Gasteiger partial charge in [-0.3, -0.25) is 9.78 Å². The summed E-state index contributed by atoms with van der Waals surface area (Å²) in [5.74, 6) is 0.0269. The van der Waals surface area contributed by atoms with E-state index in [9.17, 15) is 4.79 Å². The van der Waals surface area contributed by atoms with Gasteiger partial charge in [0.25, 0.3) is 0 Å². The van der Waals surface area contributed by atoms with E-state index in [4.69, 9.17) is 0 Å². The molecule has 0 fully saturated rings. The van der Waals surface area contributed by atoms with Gasteiger partial charge in [0.2, 0.25) is 5.91 Å². The first-order valence-corrected chi connectivity index (χ1v) is 5.12. The van der Waals surface area contributed by atoms with Crippen LogP contribution in [0.3, 0.4) is 0 Å². The first kappa shape index (κ1) is 14.9. The average Bonchev–Trinajstić information content (AvgIpc) is 2.21. The van der Waals surface area contributed by atoms with E-state index in [2.05, 4.69) is 15.6 Å². The summed E-state index contributed by atoms with van der Waals surface area (Å²) in [6.45, 7) is 5.57. The highest BCUT2D eigenvalue weighted by molar-refractivity contribution is 5.85. The van der Waals surface area contributed by atoms with Crippen LogP contribution < -0.4 is 10.6 Å². The minimum absolute atomic E-state index is 0. The van der Waals surface area contributed by atoms with Crippen molar-refractivity contribution in [2.75, 3.05) is 13.1 Å². The van der Waals surface area contributed by atoms with E-state index in [1.54, 1.807) is 6.20 Å². The summed E-state index contributed by atoms with van der Waals surface area (Å²) in [6.07, 6.45) is 1.77. The molecule has 1 amide bonds. The number of carbonyl (C=O) groups excluding carboxylic acids is 1. The third-order valence-electron chi connectivity index (χ3n) is 2.09. The van der Waals surface area contributed by atoms with Gasteiger partial charge in [-0.1, -0.05) is 6.07 Å². The molecule has 1 heterocycles. The quantitative estimate of drug-likeness (QED) is 0.813. The third-order valence-corrected chi connectivity index (χ3v) is 2.09. The molecule has 0 saturated heterocycles. The second-order valence-corrected chi connectivity index (χ2v) is 3.30. The van der Waals surface area contributed by atoms with E-state index in [0.717, 1.165) is 11.3 Å². The van der Waals surface area contributed by atoms with E-state index in [1.165, 1.54) is 0 Å². The fourth-order valence-corrected chi connectivity index (χ4v) is 1.27. The number of hydrogen-bond donors (Lipinski definition) is 2. The van der Waals surface area contributed by atoms with Crippen LogP contribution in [0.15, 0.2) is 18.3 Å². The van der Waals surface area contributed by atoms with Crippen molar-refractivity contribution in [3.63, 3.8) is 0 Å². The van der Waals surface area contributed by atoms with E-state index in [0.29, 0.717) is 19.6 Å². The smallest absolute Gasteiger partial charge is 0.233 e. The van der Waals surface area contributed by atoms with Crippen molar-refractivity contribution in [3.05, 3.63) is 29.6 Å². The standard InChI is InChI=1S/C11H17N3O.ClH/c1-3-13-11(15)8-12-7-10-5-4-6-14-9(10)2;/h4-6,12H,3,7-8H2,1-2H3,(H,13,15);1H. The molecular weight excluding hydrogens is 226 g/mol.